The summed E-state index contributed by atoms with van der Waals surface area (Å²) in [5, 5.41) is 3.77. The first-order valence-corrected chi connectivity index (χ1v) is 10.6. The summed E-state index contributed by atoms with van der Waals surface area (Å²) in [6, 6.07) is 4.88. The van der Waals surface area contributed by atoms with Crippen molar-refractivity contribution in [2.45, 2.75) is 52.0 Å². The molecule has 0 bridgehead atoms. The summed E-state index contributed by atoms with van der Waals surface area (Å²) < 4.78 is 16.2. The Morgan fingerprint density at radius 1 is 1.17 bits per heavy atom. The Balaban J connectivity index is 1.94. The van der Waals surface area contributed by atoms with Crippen LogP contribution in [0.5, 0.6) is 0 Å². The van der Waals surface area contributed by atoms with Crippen molar-refractivity contribution < 1.29 is 23.5 Å². The second-order valence-electron chi connectivity index (χ2n) is 7.18. The highest BCUT2D eigenvalue weighted by Gasteiger charge is 2.42. The van der Waals surface area contributed by atoms with Crippen LogP contribution in [0.3, 0.4) is 0 Å². The van der Waals surface area contributed by atoms with Crippen LogP contribution in [0.15, 0.2) is 22.6 Å². The van der Waals surface area contributed by atoms with Gasteiger partial charge in [0, 0.05) is 5.02 Å². The number of nitrogens with zero attached hydrogens (tertiary/aromatic N) is 1. The van der Waals surface area contributed by atoms with E-state index in [-0.39, 0.29) is 25.1 Å². The molecule has 8 heteroatoms. The van der Waals surface area contributed by atoms with Crippen LogP contribution in [0, 0.1) is 11.8 Å². The Kier molecular flexibility index (Phi) is 7.36. The summed E-state index contributed by atoms with van der Waals surface area (Å²) in [7, 11) is 0. The number of oxazole rings is 1. The molecule has 0 amide bonds. The molecule has 1 N–H and O–H groups in total. The van der Waals surface area contributed by atoms with Gasteiger partial charge in [-0.05, 0) is 50.8 Å². The minimum Gasteiger partial charge on any atom is -0.465 e. The molecule has 0 aliphatic heterocycles. The van der Waals surface area contributed by atoms with Gasteiger partial charge in [-0.15, -0.1) is 0 Å². The molecule has 1 aromatic carbocycles. The highest BCUT2D eigenvalue weighted by molar-refractivity contribution is 6.31. The standard InChI is InChI=1S/C21H27ClN2O5/c1-3-27-19(25)17(20(26)28-4-2)18(13-8-6-5-7-9-13)24-21-23-15-12-14(22)10-11-16(15)29-21/h10-13,17-18H,3-9H2,1-2H3,(H,23,24). The fourth-order valence-electron chi connectivity index (χ4n) is 3.93. The second kappa shape index (κ2) is 9.96. The van der Waals surface area contributed by atoms with Gasteiger partial charge in [-0.25, -0.2) is 0 Å². The summed E-state index contributed by atoms with van der Waals surface area (Å²) in [5.41, 5.74) is 1.18. The van der Waals surface area contributed by atoms with Crippen molar-refractivity contribution in [2.24, 2.45) is 11.8 Å². The second-order valence-corrected chi connectivity index (χ2v) is 7.62. The van der Waals surface area contributed by atoms with Crippen molar-refractivity contribution in [1.82, 2.24) is 4.98 Å². The van der Waals surface area contributed by atoms with Gasteiger partial charge < -0.3 is 19.2 Å². The zero-order valence-corrected chi connectivity index (χ0v) is 17.5. The number of fused-ring (bicyclic) bond motifs is 1. The fraction of sp³-hybridized carbons (Fsp3) is 0.571. The lowest BCUT2D eigenvalue weighted by Crippen LogP contribution is -2.46. The maximum absolute atomic E-state index is 12.7. The Hall–Kier alpha value is -2.28. The van der Waals surface area contributed by atoms with Gasteiger partial charge in [0.1, 0.15) is 5.52 Å². The van der Waals surface area contributed by atoms with Gasteiger partial charge in [0.15, 0.2) is 11.5 Å². The van der Waals surface area contributed by atoms with Crippen molar-refractivity contribution in [3.05, 3.63) is 23.2 Å². The molecule has 158 valence electrons. The smallest absolute Gasteiger partial charge is 0.322 e. The Morgan fingerprint density at radius 2 is 1.83 bits per heavy atom. The predicted molar refractivity (Wildman–Crippen MR) is 110 cm³/mol. The number of nitrogens with one attached hydrogen (secondary N) is 1. The first kappa shape index (κ1) is 21.4. The number of hydrogen-bond acceptors (Lipinski definition) is 7. The topological polar surface area (TPSA) is 90.7 Å². The predicted octanol–water partition coefficient (Wildman–Crippen LogP) is 4.58. The molecule has 1 aromatic heterocycles. The lowest BCUT2D eigenvalue weighted by Gasteiger charge is -2.33. The van der Waals surface area contributed by atoms with Crippen molar-refractivity contribution in [3.63, 3.8) is 0 Å². The third-order valence-electron chi connectivity index (χ3n) is 5.24. The molecule has 1 heterocycles. The maximum Gasteiger partial charge on any atom is 0.322 e. The highest BCUT2D eigenvalue weighted by Crippen LogP contribution is 2.33. The molecule has 1 fully saturated rings. The lowest BCUT2D eigenvalue weighted by atomic mass is 9.78. The van der Waals surface area contributed by atoms with Crippen LogP contribution in [0.2, 0.25) is 5.02 Å². The number of hydrogen-bond donors (Lipinski definition) is 1. The van der Waals surface area contributed by atoms with Gasteiger partial charge in [-0.3, -0.25) is 9.59 Å². The van der Waals surface area contributed by atoms with E-state index in [0.717, 1.165) is 32.1 Å². The first-order chi connectivity index (χ1) is 14.0. The number of anilines is 1. The number of aromatic nitrogens is 1. The normalized spacial score (nSPS) is 16.0. The molecule has 1 saturated carbocycles. The third-order valence-corrected chi connectivity index (χ3v) is 5.47. The van der Waals surface area contributed by atoms with E-state index in [9.17, 15) is 9.59 Å². The van der Waals surface area contributed by atoms with Gasteiger partial charge in [-0.2, -0.15) is 4.98 Å². The van der Waals surface area contributed by atoms with E-state index in [1.807, 2.05) is 0 Å². The van der Waals surface area contributed by atoms with E-state index in [4.69, 9.17) is 25.5 Å². The largest absolute Gasteiger partial charge is 0.465 e. The van der Waals surface area contributed by atoms with E-state index in [1.54, 1.807) is 32.0 Å². The quantitative estimate of drug-likeness (QED) is 0.491. The number of halogens is 1. The minimum absolute atomic E-state index is 0.0983. The molecule has 0 saturated heterocycles. The highest BCUT2D eigenvalue weighted by atomic mass is 35.5. The van der Waals surface area contributed by atoms with Crippen LogP contribution in [0.25, 0.3) is 11.1 Å². The van der Waals surface area contributed by atoms with Crippen LogP contribution in [0.4, 0.5) is 6.01 Å². The van der Waals surface area contributed by atoms with Crippen LogP contribution in [-0.2, 0) is 19.1 Å². The van der Waals surface area contributed by atoms with E-state index >= 15 is 0 Å². The molecule has 0 spiro atoms. The summed E-state index contributed by atoms with van der Waals surface area (Å²) in [4.78, 5) is 29.9. The van der Waals surface area contributed by atoms with Gasteiger partial charge in [0.05, 0.1) is 19.3 Å². The molecule has 29 heavy (non-hydrogen) atoms. The van der Waals surface area contributed by atoms with Crippen LogP contribution in [0.1, 0.15) is 46.0 Å². The average molecular weight is 423 g/mol. The van der Waals surface area contributed by atoms with Crippen LogP contribution in [-0.4, -0.2) is 36.2 Å². The number of esters is 2. The van der Waals surface area contributed by atoms with Crippen molar-refractivity contribution in [3.8, 4) is 0 Å². The number of rotatable bonds is 8. The molecule has 3 rings (SSSR count). The van der Waals surface area contributed by atoms with Gasteiger partial charge in [-0.1, -0.05) is 30.9 Å². The van der Waals surface area contributed by atoms with E-state index in [0.29, 0.717) is 16.1 Å². The zero-order valence-electron chi connectivity index (χ0n) is 16.8. The van der Waals surface area contributed by atoms with Gasteiger partial charge in [0.25, 0.3) is 6.01 Å². The summed E-state index contributed by atoms with van der Waals surface area (Å²) in [6.07, 6.45) is 5.04. The molecular weight excluding hydrogens is 396 g/mol. The van der Waals surface area contributed by atoms with Crippen molar-refractivity contribution >= 4 is 40.7 Å². The maximum atomic E-state index is 12.7. The molecule has 0 radical (unpaired) electrons. The Bertz CT molecular complexity index is 829. The first-order valence-electron chi connectivity index (χ1n) is 10.2. The molecular formula is C21H27ClN2O5. The number of ether oxygens (including phenoxy) is 2. The molecule has 7 nitrogen and oxygen atoms in total. The summed E-state index contributed by atoms with van der Waals surface area (Å²) in [6.45, 7) is 3.81. The Labute approximate surface area is 175 Å². The van der Waals surface area contributed by atoms with E-state index < -0.39 is 23.9 Å². The molecule has 1 aliphatic carbocycles. The van der Waals surface area contributed by atoms with Gasteiger partial charge >= 0.3 is 11.9 Å². The summed E-state index contributed by atoms with van der Waals surface area (Å²) in [5.74, 6) is -2.17. The average Bonchev–Trinajstić information content (AvgIpc) is 3.10. The van der Waals surface area contributed by atoms with Crippen LogP contribution >= 0.6 is 11.6 Å². The number of benzene rings is 1. The molecule has 2 aromatic rings. The molecule has 1 atom stereocenters. The lowest BCUT2D eigenvalue weighted by molar-refractivity contribution is -0.163. The van der Waals surface area contributed by atoms with Gasteiger partial charge in [0.2, 0.25) is 0 Å². The van der Waals surface area contributed by atoms with Crippen molar-refractivity contribution in [1.29, 1.82) is 0 Å². The molecule has 1 unspecified atom stereocenters. The molecule has 1 aliphatic rings. The Morgan fingerprint density at radius 3 is 2.45 bits per heavy atom. The fourth-order valence-corrected chi connectivity index (χ4v) is 4.09. The third kappa shape index (κ3) is 5.21. The van der Waals surface area contributed by atoms with E-state index in [2.05, 4.69) is 10.3 Å². The number of carbonyl (C=O) groups is 2. The monoisotopic (exact) mass is 422 g/mol. The zero-order chi connectivity index (χ0) is 20.8. The van der Waals surface area contributed by atoms with Crippen molar-refractivity contribution in [2.75, 3.05) is 18.5 Å². The van der Waals surface area contributed by atoms with Crippen LogP contribution < -0.4 is 5.32 Å². The van der Waals surface area contributed by atoms with E-state index in [1.165, 1.54) is 0 Å². The SMILES string of the molecule is CCOC(=O)C(C(=O)OCC)C(Nc1nc2cc(Cl)ccc2o1)C1CCCCC1. The minimum atomic E-state index is -1.09. The number of carbonyl (C=O) groups excluding carboxylic acids is 2. The summed E-state index contributed by atoms with van der Waals surface area (Å²) >= 11 is 6.03.